The van der Waals surface area contributed by atoms with Crippen LogP contribution < -0.4 is 4.74 Å². The van der Waals surface area contributed by atoms with Gasteiger partial charge >= 0.3 is 0 Å². The molecule has 0 aliphatic carbocycles. The molecule has 7 heteroatoms. The molecule has 0 heterocycles. The third kappa shape index (κ3) is 4.61. The van der Waals surface area contributed by atoms with Gasteiger partial charge in [0, 0.05) is 11.1 Å². The molecule has 0 bridgehead atoms. The average Bonchev–Trinajstić information content (AvgIpc) is 2.71. The third-order valence-electron chi connectivity index (χ3n) is 3.61. The molecule has 2 aromatic carbocycles. The lowest BCUT2D eigenvalue weighted by molar-refractivity contribution is 0.414. The van der Waals surface area contributed by atoms with Crippen LogP contribution in [0.2, 0.25) is 0 Å². The summed E-state index contributed by atoms with van der Waals surface area (Å²) in [6.07, 6.45) is 0. The van der Waals surface area contributed by atoms with Gasteiger partial charge in [0.05, 0.1) is 7.11 Å². The highest BCUT2D eigenvalue weighted by molar-refractivity contribution is 5.68. The Balaban J connectivity index is 2.43. The van der Waals surface area contributed by atoms with Crippen molar-refractivity contribution in [3.05, 3.63) is 88.5 Å². The van der Waals surface area contributed by atoms with E-state index in [1.54, 1.807) is 6.92 Å². The molecule has 0 aliphatic heterocycles. The van der Waals surface area contributed by atoms with E-state index in [-0.39, 0.29) is 5.56 Å². The SMILES string of the molecule is COc1ccc(/C(F)=C(F)/C(F)=C(F)/C(F)=C(\F)c2ccc(C)cc2)cc1. The molecule has 2 aromatic rings. The number of aryl methyl sites for hydroxylation is 1. The highest BCUT2D eigenvalue weighted by Crippen LogP contribution is 2.35. The summed E-state index contributed by atoms with van der Waals surface area (Å²) < 4.78 is 88.2. The van der Waals surface area contributed by atoms with E-state index in [2.05, 4.69) is 0 Å². The van der Waals surface area contributed by atoms with Crippen molar-refractivity contribution in [1.29, 1.82) is 0 Å². The van der Waals surface area contributed by atoms with E-state index in [0.717, 1.165) is 29.8 Å². The fraction of sp³-hybridized carbons (Fsp3) is 0.100. The molecule has 0 fully saturated rings. The first-order chi connectivity index (χ1) is 12.8. The molecule has 142 valence electrons. The number of halogens is 6. The molecule has 0 aromatic heterocycles. The first-order valence-corrected chi connectivity index (χ1v) is 7.64. The second kappa shape index (κ2) is 8.62. The van der Waals surface area contributed by atoms with Gasteiger partial charge in [-0.3, -0.25) is 0 Å². The molecule has 0 radical (unpaired) electrons. The Labute approximate surface area is 151 Å². The van der Waals surface area contributed by atoms with Crippen LogP contribution in [0.4, 0.5) is 26.3 Å². The van der Waals surface area contributed by atoms with Crippen LogP contribution in [0.25, 0.3) is 11.7 Å². The predicted octanol–water partition coefficient (Wildman–Crippen LogP) is 7.07. The molecule has 0 saturated heterocycles. The Hall–Kier alpha value is -2.96. The summed E-state index contributed by atoms with van der Waals surface area (Å²) in [5.41, 5.74) is -0.0783. The van der Waals surface area contributed by atoms with Gasteiger partial charge in [-0.2, -0.15) is 0 Å². The van der Waals surface area contributed by atoms with Crippen LogP contribution in [0, 0.1) is 6.92 Å². The molecule has 2 rings (SSSR count). The number of rotatable bonds is 5. The minimum Gasteiger partial charge on any atom is -0.497 e. The molecule has 0 N–H and O–H groups in total. The summed E-state index contributed by atoms with van der Waals surface area (Å²) in [7, 11) is 1.34. The van der Waals surface area contributed by atoms with Crippen molar-refractivity contribution in [2.45, 2.75) is 6.92 Å². The number of methoxy groups -OCH3 is 1. The third-order valence-corrected chi connectivity index (χ3v) is 3.61. The van der Waals surface area contributed by atoms with E-state index in [9.17, 15) is 26.3 Å². The zero-order valence-electron chi connectivity index (χ0n) is 14.3. The normalized spacial score (nSPS) is 14.2. The zero-order valence-corrected chi connectivity index (χ0v) is 14.3. The molecular weight excluding hydrogens is 370 g/mol. The number of allylic oxidation sites excluding steroid dienone is 4. The fourth-order valence-electron chi connectivity index (χ4n) is 2.08. The zero-order chi connectivity index (χ0) is 20.1. The van der Waals surface area contributed by atoms with E-state index >= 15 is 0 Å². The summed E-state index contributed by atoms with van der Waals surface area (Å²) >= 11 is 0. The maximum atomic E-state index is 14.0. The maximum absolute atomic E-state index is 14.0. The lowest BCUT2D eigenvalue weighted by Gasteiger charge is -2.04. The molecule has 0 saturated carbocycles. The second-order valence-corrected chi connectivity index (χ2v) is 5.48. The summed E-state index contributed by atoms with van der Waals surface area (Å²) in [5, 5.41) is 0. The standard InChI is InChI=1S/C20H14F6O/c1-11-3-5-12(6-4-11)15(21)17(23)19(25)20(26)18(24)16(22)13-7-9-14(27-2)10-8-13/h3-10H,1-2H3/b17-15+,18-16+,20-19+. The van der Waals surface area contributed by atoms with Crippen LogP contribution in [0.5, 0.6) is 5.75 Å². The van der Waals surface area contributed by atoms with Crippen LogP contribution in [0.3, 0.4) is 0 Å². The number of benzene rings is 2. The molecule has 0 aliphatic rings. The van der Waals surface area contributed by atoms with Gasteiger partial charge in [-0.1, -0.05) is 29.8 Å². The first kappa shape index (κ1) is 20.4. The lowest BCUT2D eigenvalue weighted by Crippen LogP contribution is -1.91. The molecule has 1 nitrogen and oxygen atoms in total. The van der Waals surface area contributed by atoms with Gasteiger partial charge in [0.25, 0.3) is 0 Å². The summed E-state index contributed by atoms with van der Waals surface area (Å²) in [6, 6.07) is 9.75. The highest BCUT2D eigenvalue weighted by atomic mass is 19.2. The summed E-state index contributed by atoms with van der Waals surface area (Å²) in [5.74, 6) is -12.7. The summed E-state index contributed by atoms with van der Waals surface area (Å²) in [6.45, 7) is 1.68. The van der Waals surface area contributed by atoms with E-state index in [0.29, 0.717) is 5.75 Å². The quantitative estimate of drug-likeness (QED) is 0.396. The fourth-order valence-corrected chi connectivity index (χ4v) is 2.08. The van der Waals surface area contributed by atoms with Crippen LogP contribution in [-0.2, 0) is 0 Å². The predicted molar refractivity (Wildman–Crippen MR) is 91.7 cm³/mol. The monoisotopic (exact) mass is 384 g/mol. The van der Waals surface area contributed by atoms with Crippen molar-refractivity contribution in [3.63, 3.8) is 0 Å². The van der Waals surface area contributed by atoms with Gasteiger partial charge in [0.1, 0.15) is 5.75 Å². The Kier molecular flexibility index (Phi) is 6.50. The Morgan fingerprint density at radius 2 is 0.963 bits per heavy atom. The second-order valence-electron chi connectivity index (χ2n) is 5.48. The molecule has 27 heavy (non-hydrogen) atoms. The number of hydrogen-bond acceptors (Lipinski definition) is 1. The largest absolute Gasteiger partial charge is 0.497 e. The van der Waals surface area contributed by atoms with Gasteiger partial charge < -0.3 is 4.74 Å². The Bertz CT molecular complexity index is 908. The number of hydrogen-bond donors (Lipinski definition) is 0. The highest BCUT2D eigenvalue weighted by Gasteiger charge is 2.24. The number of ether oxygens (including phenoxy) is 1. The van der Waals surface area contributed by atoms with Gasteiger partial charge in [0.2, 0.25) is 11.7 Å². The first-order valence-electron chi connectivity index (χ1n) is 7.64. The van der Waals surface area contributed by atoms with Crippen LogP contribution in [-0.4, -0.2) is 7.11 Å². The maximum Gasteiger partial charge on any atom is 0.200 e. The molecule has 0 atom stereocenters. The van der Waals surface area contributed by atoms with Crippen molar-refractivity contribution in [2.24, 2.45) is 0 Å². The molecular formula is C20H14F6O. The minimum absolute atomic E-state index is 0.322. The van der Waals surface area contributed by atoms with E-state index in [4.69, 9.17) is 4.74 Å². The van der Waals surface area contributed by atoms with Gasteiger partial charge in [-0.05, 0) is 31.2 Å². The topological polar surface area (TPSA) is 9.23 Å². The Morgan fingerprint density at radius 3 is 1.33 bits per heavy atom. The molecule has 0 spiro atoms. The molecule has 0 unspecified atom stereocenters. The van der Waals surface area contributed by atoms with Gasteiger partial charge in [-0.15, -0.1) is 0 Å². The van der Waals surface area contributed by atoms with E-state index in [1.807, 2.05) is 0 Å². The van der Waals surface area contributed by atoms with Crippen molar-refractivity contribution in [3.8, 4) is 5.75 Å². The van der Waals surface area contributed by atoms with Crippen LogP contribution >= 0.6 is 0 Å². The van der Waals surface area contributed by atoms with Crippen LogP contribution in [0.15, 0.2) is 71.8 Å². The van der Waals surface area contributed by atoms with Crippen molar-refractivity contribution in [1.82, 2.24) is 0 Å². The molecule has 0 amide bonds. The van der Waals surface area contributed by atoms with E-state index in [1.165, 1.54) is 31.4 Å². The lowest BCUT2D eigenvalue weighted by atomic mass is 10.1. The van der Waals surface area contributed by atoms with Gasteiger partial charge in [0.15, 0.2) is 23.3 Å². The Morgan fingerprint density at radius 1 is 0.593 bits per heavy atom. The van der Waals surface area contributed by atoms with Crippen LogP contribution in [0.1, 0.15) is 16.7 Å². The summed E-state index contributed by atoms with van der Waals surface area (Å²) in [4.78, 5) is 0. The smallest absolute Gasteiger partial charge is 0.200 e. The van der Waals surface area contributed by atoms with E-state index < -0.39 is 40.5 Å². The van der Waals surface area contributed by atoms with Crippen molar-refractivity contribution in [2.75, 3.05) is 7.11 Å². The van der Waals surface area contributed by atoms with Crippen molar-refractivity contribution < 1.29 is 31.1 Å². The van der Waals surface area contributed by atoms with Gasteiger partial charge in [-0.25, -0.2) is 26.3 Å². The van der Waals surface area contributed by atoms with Crippen molar-refractivity contribution >= 4 is 11.7 Å². The minimum atomic E-state index is -2.48. The average molecular weight is 384 g/mol.